The van der Waals surface area contributed by atoms with E-state index in [0.717, 1.165) is 19.4 Å². The van der Waals surface area contributed by atoms with Gasteiger partial charge in [0.1, 0.15) is 6.17 Å². The first-order valence-electron chi connectivity index (χ1n) is 4.20. The van der Waals surface area contributed by atoms with Crippen LogP contribution in [0.1, 0.15) is 25.7 Å². The Bertz CT molecular complexity index is 171. The molecule has 2 fully saturated rings. The van der Waals surface area contributed by atoms with E-state index in [0.29, 0.717) is 0 Å². The molecular weight excluding hydrogens is 142 g/mol. The van der Waals surface area contributed by atoms with Gasteiger partial charge in [-0.15, -0.1) is 0 Å². The second-order valence-corrected chi connectivity index (χ2v) is 3.13. The van der Waals surface area contributed by atoms with Gasteiger partial charge >= 0.3 is 6.03 Å². The van der Waals surface area contributed by atoms with Crippen LogP contribution in [0.4, 0.5) is 4.79 Å². The van der Waals surface area contributed by atoms with Crippen LogP contribution in [0.3, 0.4) is 0 Å². The van der Waals surface area contributed by atoms with Crippen molar-refractivity contribution in [1.29, 1.82) is 0 Å². The Balaban J connectivity index is 2.06. The third-order valence-electron chi connectivity index (χ3n) is 2.36. The smallest absolute Gasteiger partial charge is 0.307 e. The lowest BCUT2D eigenvalue weighted by molar-refractivity contribution is 0.203. The van der Waals surface area contributed by atoms with Gasteiger partial charge in [-0.1, -0.05) is 6.42 Å². The molecule has 0 bridgehead atoms. The minimum Gasteiger partial charge on any atom is -0.307 e. The molecule has 2 N–H and O–H groups in total. The van der Waals surface area contributed by atoms with Gasteiger partial charge in [-0.2, -0.15) is 0 Å². The van der Waals surface area contributed by atoms with E-state index in [1.807, 2.05) is 4.90 Å². The first-order valence-corrected chi connectivity index (χ1v) is 4.20. The van der Waals surface area contributed by atoms with E-state index in [1.165, 1.54) is 12.8 Å². The van der Waals surface area contributed by atoms with Gasteiger partial charge in [0, 0.05) is 6.54 Å². The molecule has 62 valence electrons. The van der Waals surface area contributed by atoms with Gasteiger partial charge in [0.25, 0.3) is 0 Å². The largest absolute Gasteiger partial charge is 0.333 e. The minimum atomic E-state index is 0.0388. The van der Waals surface area contributed by atoms with Crippen molar-refractivity contribution in [2.24, 2.45) is 0 Å². The fraction of sp³-hybridized carbons (Fsp3) is 0.857. The average Bonchev–Trinajstić information content (AvgIpc) is 2.25. The lowest BCUT2D eigenvalue weighted by Crippen LogP contribution is -2.36. The summed E-state index contributed by atoms with van der Waals surface area (Å²) >= 11 is 0. The van der Waals surface area contributed by atoms with Gasteiger partial charge in [0.05, 0.1) is 0 Å². The van der Waals surface area contributed by atoms with Crippen molar-refractivity contribution in [2.45, 2.75) is 31.8 Å². The maximum absolute atomic E-state index is 11.1. The second kappa shape index (κ2) is 2.70. The van der Waals surface area contributed by atoms with Gasteiger partial charge in [-0.25, -0.2) is 10.2 Å². The molecule has 2 heterocycles. The molecule has 2 aliphatic rings. The Labute approximate surface area is 65.9 Å². The number of urea groups is 1. The van der Waals surface area contributed by atoms with Crippen molar-refractivity contribution >= 4 is 6.03 Å². The van der Waals surface area contributed by atoms with Crippen LogP contribution in [0.25, 0.3) is 0 Å². The number of hydrazine groups is 1. The zero-order valence-electron chi connectivity index (χ0n) is 6.47. The van der Waals surface area contributed by atoms with Crippen molar-refractivity contribution in [3.8, 4) is 0 Å². The number of carbonyl (C=O) groups excluding carboxylic acids is 1. The lowest BCUT2D eigenvalue weighted by atomic mass is 10.2. The summed E-state index contributed by atoms with van der Waals surface area (Å²) in [5.41, 5.74) is 5.60. The normalized spacial score (nSPS) is 31.1. The number of hydrogen-bond donors (Lipinski definition) is 2. The van der Waals surface area contributed by atoms with Gasteiger partial charge in [0.2, 0.25) is 0 Å². The highest BCUT2D eigenvalue weighted by Crippen LogP contribution is 2.16. The maximum atomic E-state index is 11.1. The van der Waals surface area contributed by atoms with E-state index in [2.05, 4.69) is 10.9 Å². The summed E-state index contributed by atoms with van der Waals surface area (Å²) in [5.74, 6) is 0. The predicted molar refractivity (Wildman–Crippen MR) is 40.6 cm³/mol. The Hall–Kier alpha value is -0.770. The maximum Gasteiger partial charge on any atom is 0.333 e. The van der Waals surface area contributed by atoms with Crippen LogP contribution in [-0.4, -0.2) is 23.6 Å². The van der Waals surface area contributed by atoms with E-state index >= 15 is 0 Å². The van der Waals surface area contributed by atoms with E-state index in [-0.39, 0.29) is 12.2 Å². The van der Waals surface area contributed by atoms with Gasteiger partial charge in [-0.3, -0.25) is 5.43 Å². The molecule has 11 heavy (non-hydrogen) atoms. The first-order chi connectivity index (χ1) is 5.38. The third kappa shape index (κ3) is 1.18. The fourth-order valence-electron chi connectivity index (χ4n) is 1.72. The molecule has 0 spiro atoms. The summed E-state index contributed by atoms with van der Waals surface area (Å²) < 4.78 is 0. The van der Waals surface area contributed by atoms with Gasteiger partial charge < -0.3 is 4.90 Å². The molecule has 2 aliphatic heterocycles. The molecule has 0 aliphatic carbocycles. The number of amides is 2. The van der Waals surface area contributed by atoms with Gasteiger partial charge in [0.15, 0.2) is 0 Å². The van der Waals surface area contributed by atoms with E-state index in [4.69, 9.17) is 0 Å². The summed E-state index contributed by atoms with van der Waals surface area (Å²) in [7, 11) is 0. The molecule has 1 atom stereocenters. The molecule has 0 aromatic rings. The molecule has 2 rings (SSSR count). The molecule has 0 aromatic carbocycles. The highest BCUT2D eigenvalue weighted by Gasteiger charge is 2.30. The van der Waals surface area contributed by atoms with Crippen molar-refractivity contribution in [3.63, 3.8) is 0 Å². The second-order valence-electron chi connectivity index (χ2n) is 3.13. The molecule has 0 saturated carbocycles. The number of fused-ring (bicyclic) bond motifs is 1. The number of nitrogens with one attached hydrogen (secondary N) is 2. The molecule has 2 amide bonds. The van der Waals surface area contributed by atoms with Crippen molar-refractivity contribution < 1.29 is 4.79 Å². The van der Waals surface area contributed by atoms with Crippen LogP contribution in [0.15, 0.2) is 0 Å². The molecule has 0 aromatic heterocycles. The highest BCUT2D eigenvalue weighted by molar-refractivity contribution is 5.75. The summed E-state index contributed by atoms with van der Waals surface area (Å²) in [6.07, 6.45) is 4.96. The SMILES string of the molecule is O=C1NNC2CCCCCN12. The van der Waals surface area contributed by atoms with E-state index in [1.54, 1.807) is 0 Å². The highest BCUT2D eigenvalue weighted by atomic mass is 16.2. The van der Waals surface area contributed by atoms with Crippen LogP contribution in [0.5, 0.6) is 0 Å². The van der Waals surface area contributed by atoms with E-state index < -0.39 is 0 Å². The summed E-state index contributed by atoms with van der Waals surface area (Å²) in [6.45, 7) is 0.906. The zero-order valence-corrected chi connectivity index (χ0v) is 6.47. The van der Waals surface area contributed by atoms with Crippen LogP contribution in [-0.2, 0) is 0 Å². The van der Waals surface area contributed by atoms with Crippen LogP contribution in [0.2, 0.25) is 0 Å². The Morgan fingerprint density at radius 2 is 2.27 bits per heavy atom. The molecule has 4 heteroatoms. The van der Waals surface area contributed by atoms with Gasteiger partial charge in [-0.05, 0) is 19.3 Å². The van der Waals surface area contributed by atoms with Crippen LogP contribution >= 0.6 is 0 Å². The molecule has 4 nitrogen and oxygen atoms in total. The fourth-order valence-corrected chi connectivity index (χ4v) is 1.72. The van der Waals surface area contributed by atoms with Crippen molar-refractivity contribution in [3.05, 3.63) is 0 Å². The lowest BCUT2D eigenvalue weighted by Gasteiger charge is -2.18. The number of carbonyl (C=O) groups is 1. The Morgan fingerprint density at radius 1 is 1.36 bits per heavy atom. The summed E-state index contributed by atoms with van der Waals surface area (Å²) in [4.78, 5) is 13.0. The van der Waals surface area contributed by atoms with Crippen LogP contribution in [0, 0.1) is 0 Å². The molecular formula is C7H13N3O. The zero-order chi connectivity index (χ0) is 7.68. The Kier molecular flexibility index (Phi) is 1.69. The minimum absolute atomic E-state index is 0.0388. The van der Waals surface area contributed by atoms with Crippen molar-refractivity contribution in [1.82, 2.24) is 15.8 Å². The number of rotatable bonds is 0. The number of hydrogen-bond acceptors (Lipinski definition) is 2. The average molecular weight is 155 g/mol. The van der Waals surface area contributed by atoms with Crippen molar-refractivity contribution in [2.75, 3.05) is 6.54 Å². The Morgan fingerprint density at radius 3 is 3.18 bits per heavy atom. The summed E-state index contributed by atoms with van der Waals surface area (Å²) in [5, 5.41) is 0. The quantitative estimate of drug-likeness (QED) is 0.532. The predicted octanol–water partition coefficient (Wildman–Crippen LogP) is 0.416. The number of nitrogens with zero attached hydrogens (tertiary/aromatic N) is 1. The molecule has 2 saturated heterocycles. The first kappa shape index (κ1) is 6.91. The van der Waals surface area contributed by atoms with Crippen LogP contribution < -0.4 is 10.9 Å². The molecule has 0 radical (unpaired) electrons. The monoisotopic (exact) mass is 155 g/mol. The topological polar surface area (TPSA) is 44.4 Å². The van der Waals surface area contributed by atoms with E-state index in [9.17, 15) is 4.79 Å². The standard InChI is InChI=1S/C7H13N3O/c11-7-9-8-6-4-2-1-3-5-10(6)7/h6,8H,1-5H2,(H,9,11). The summed E-state index contributed by atoms with van der Waals surface area (Å²) in [6, 6.07) is 0.0388. The third-order valence-corrected chi connectivity index (χ3v) is 2.36. The molecule has 1 unspecified atom stereocenters.